The summed E-state index contributed by atoms with van der Waals surface area (Å²) < 4.78 is 28.7. The lowest BCUT2D eigenvalue weighted by atomic mass is 9.96. The number of benzene rings is 2. The Morgan fingerprint density at radius 1 is 1.00 bits per heavy atom. The minimum absolute atomic E-state index is 0.0162. The van der Waals surface area contributed by atoms with Gasteiger partial charge in [-0.05, 0) is 41.7 Å². The molecule has 0 bridgehead atoms. The Kier molecular flexibility index (Phi) is 5.53. The fourth-order valence-corrected chi connectivity index (χ4v) is 4.50. The smallest absolute Gasteiger partial charge is 0.307 e. The van der Waals surface area contributed by atoms with Gasteiger partial charge in [-0.3, -0.25) is 9.78 Å². The first kappa shape index (κ1) is 20.0. The zero-order valence-corrected chi connectivity index (χ0v) is 16.8. The molecule has 7 nitrogen and oxygen atoms in total. The van der Waals surface area contributed by atoms with Crippen LogP contribution in [0.3, 0.4) is 0 Å². The van der Waals surface area contributed by atoms with E-state index in [1.807, 2.05) is 38.1 Å². The van der Waals surface area contributed by atoms with Gasteiger partial charge in [0.15, 0.2) is 0 Å². The second-order valence-electron chi connectivity index (χ2n) is 7.05. The van der Waals surface area contributed by atoms with Gasteiger partial charge >= 0.3 is 5.69 Å². The monoisotopic (exact) mass is 401 g/mol. The topological polar surface area (TPSA) is 112 Å². The lowest BCUT2D eigenvalue weighted by Crippen LogP contribution is -2.32. The summed E-state index contributed by atoms with van der Waals surface area (Å²) in [6, 6.07) is 11.5. The number of H-pyrrole nitrogens is 2. The zero-order chi connectivity index (χ0) is 20.5. The summed E-state index contributed by atoms with van der Waals surface area (Å²) in [7, 11) is -3.88. The highest BCUT2D eigenvalue weighted by Gasteiger charge is 2.24. The maximum Gasteiger partial charge on any atom is 0.326 e. The molecule has 0 saturated carbocycles. The van der Waals surface area contributed by atoms with Crippen molar-refractivity contribution in [2.24, 2.45) is 5.92 Å². The second kappa shape index (κ2) is 7.73. The quantitative estimate of drug-likeness (QED) is 0.589. The van der Waals surface area contributed by atoms with E-state index in [4.69, 9.17) is 0 Å². The van der Waals surface area contributed by atoms with E-state index in [1.54, 1.807) is 0 Å². The SMILES string of the molecule is CCc1ccc([C@@H](NS(=O)(=O)c2ccc3[nH]c(=O)[nH]c(=O)c3c2)C(C)C)cc1. The third-order valence-corrected chi connectivity index (χ3v) is 6.16. The van der Waals surface area contributed by atoms with Crippen LogP contribution in [-0.4, -0.2) is 18.4 Å². The first-order chi connectivity index (χ1) is 13.2. The highest BCUT2D eigenvalue weighted by atomic mass is 32.2. The van der Waals surface area contributed by atoms with Gasteiger partial charge < -0.3 is 4.98 Å². The molecule has 8 heteroatoms. The number of sulfonamides is 1. The minimum Gasteiger partial charge on any atom is -0.307 e. The van der Waals surface area contributed by atoms with E-state index in [0.717, 1.165) is 12.0 Å². The minimum atomic E-state index is -3.88. The van der Waals surface area contributed by atoms with Crippen molar-refractivity contribution in [3.63, 3.8) is 0 Å². The van der Waals surface area contributed by atoms with E-state index >= 15 is 0 Å². The number of hydrogen-bond acceptors (Lipinski definition) is 4. The van der Waals surface area contributed by atoms with E-state index in [1.165, 1.54) is 23.8 Å². The molecular weight excluding hydrogens is 378 g/mol. The van der Waals surface area contributed by atoms with Gasteiger partial charge in [-0.15, -0.1) is 0 Å². The maximum absolute atomic E-state index is 13.0. The average Bonchev–Trinajstić information content (AvgIpc) is 2.65. The Hall–Kier alpha value is -2.71. The van der Waals surface area contributed by atoms with Gasteiger partial charge in [0.2, 0.25) is 10.0 Å². The highest BCUT2D eigenvalue weighted by Crippen LogP contribution is 2.25. The molecule has 3 N–H and O–H groups in total. The Balaban J connectivity index is 1.99. The maximum atomic E-state index is 13.0. The molecule has 0 unspecified atom stereocenters. The van der Waals surface area contributed by atoms with Gasteiger partial charge in [0.1, 0.15) is 0 Å². The number of nitrogens with one attached hydrogen (secondary N) is 3. The third kappa shape index (κ3) is 4.07. The van der Waals surface area contributed by atoms with Crippen molar-refractivity contribution in [1.82, 2.24) is 14.7 Å². The fourth-order valence-electron chi connectivity index (χ4n) is 3.10. The molecule has 3 rings (SSSR count). The van der Waals surface area contributed by atoms with E-state index < -0.39 is 27.3 Å². The summed E-state index contributed by atoms with van der Waals surface area (Å²) in [4.78, 5) is 27.9. The van der Waals surface area contributed by atoms with Crippen LogP contribution in [0, 0.1) is 5.92 Å². The molecule has 0 aliphatic carbocycles. The fraction of sp³-hybridized carbons (Fsp3) is 0.300. The van der Waals surface area contributed by atoms with Crippen LogP contribution in [0.15, 0.2) is 56.9 Å². The molecule has 2 aromatic carbocycles. The van der Waals surface area contributed by atoms with Crippen molar-refractivity contribution in [3.8, 4) is 0 Å². The van der Waals surface area contributed by atoms with Gasteiger partial charge in [-0.2, -0.15) is 0 Å². The Bertz CT molecular complexity index is 1210. The molecular formula is C20H23N3O4S. The first-order valence-electron chi connectivity index (χ1n) is 9.09. The second-order valence-corrected chi connectivity index (χ2v) is 8.77. The van der Waals surface area contributed by atoms with Gasteiger partial charge in [-0.1, -0.05) is 45.0 Å². The summed E-state index contributed by atoms with van der Waals surface area (Å²) in [6.45, 7) is 5.94. The van der Waals surface area contributed by atoms with Crippen LogP contribution < -0.4 is 16.0 Å². The largest absolute Gasteiger partial charge is 0.326 e. The molecule has 0 aliphatic heterocycles. The zero-order valence-electron chi connectivity index (χ0n) is 15.9. The summed E-state index contributed by atoms with van der Waals surface area (Å²) in [5, 5.41) is 0.107. The van der Waals surface area contributed by atoms with Crippen molar-refractivity contribution in [2.45, 2.75) is 38.1 Å². The van der Waals surface area contributed by atoms with Crippen molar-refractivity contribution < 1.29 is 8.42 Å². The van der Waals surface area contributed by atoms with Crippen molar-refractivity contribution in [3.05, 3.63) is 74.4 Å². The van der Waals surface area contributed by atoms with E-state index in [-0.39, 0.29) is 21.7 Å². The van der Waals surface area contributed by atoms with E-state index in [2.05, 4.69) is 21.6 Å². The van der Waals surface area contributed by atoms with Gasteiger partial charge in [0.25, 0.3) is 5.56 Å². The number of hydrogen-bond donors (Lipinski definition) is 3. The standard InChI is InChI=1S/C20H23N3O4S/c1-4-13-5-7-14(8-6-13)18(12(2)3)23-28(26,27)15-9-10-17-16(11-15)19(24)22-20(25)21-17/h5-12,18,23H,4H2,1-3H3,(H2,21,22,24,25)/t18-/m0/s1. The molecule has 148 valence electrons. The van der Waals surface area contributed by atoms with Crippen LogP contribution in [0.2, 0.25) is 0 Å². The number of aryl methyl sites for hydroxylation is 1. The lowest BCUT2D eigenvalue weighted by Gasteiger charge is -2.23. The summed E-state index contributed by atoms with van der Waals surface area (Å²) in [5.41, 5.74) is 1.06. The molecule has 1 atom stereocenters. The normalized spacial score (nSPS) is 13.1. The summed E-state index contributed by atoms with van der Waals surface area (Å²) in [6.07, 6.45) is 0.909. The van der Waals surface area contributed by atoms with Crippen LogP contribution in [0.1, 0.15) is 37.9 Å². The summed E-state index contributed by atoms with van der Waals surface area (Å²) in [5.74, 6) is 0.0162. The highest BCUT2D eigenvalue weighted by molar-refractivity contribution is 7.89. The van der Waals surface area contributed by atoms with Crippen molar-refractivity contribution in [2.75, 3.05) is 0 Å². The molecule has 0 amide bonds. The number of rotatable bonds is 6. The number of aromatic amines is 2. The third-order valence-electron chi connectivity index (χ3n) is 4.72. The average molecular weight is 401 g/mol. The molecule has 1 heterocycles. The van der Waals surface area contributed by atoms with Gasteiger partial charge in [-0.25, -0.2) is 17.9 Å². The molecule has 28 heavy (non-hydrogen) atoms. The number of aromatic nitrogens is 2. The van der Waals surface area contributed by atoms with E-state index in [0.29, 0.717) is 0 Å². The van der Waals surface area contributed by atoms with Gasteiger partial charge in [0.05, 0.1) is 15.8 Å². The number of fused-ring (bicyclic) bond motifs is 1. The van der Waals surface area contributed by atoms with Crippen LogP contribution in [-0.2, 0) is 16.4 Å². The predicted octanol–water partition coefficient (Wildman–Crippen LogP) is 2.45. The van der Waals surface area contributed by atoms with Crippen LogP contribution in [0.25, 0.3) is 10.9 Å². The molecule has 0 fully saturated rings. The van der Waals surface area contributed by atoms with Crippen LogP contribution in [0.5, 0.6) is 0 Å². The Morgan fingerprint density at radius 3 is 2.29 bits per heavy atom. The van der Waals surface area contributed by atoms with Crippen LogP contribution >= 0.6 is 0 Å². The van der Waals surface area contributed by atoms with Crippen LogP contribution in [0.4, 0.5) is 0 Å². The molecule has 1 aromatic heterocycles. The molecule has 0 radical (unpaired) electrons. The molecule has 0 spiro atoms. The van der Waals surface area contributed by atoms with E-state index in [9.17, 15) is 18.0 Å². The Labute approximate surface area is 162 Å². The molecule has 0 saturated heterocycles. The van der Waals surface area contributed by atoms with Crippen molar-refractivity contribution in [1.29, 1.82) is 0 Å². The predicted molar refractivity (Wildman–Crippen MR) is 109 cm³/mol. The first-order valence-corrected chi connectivity index (χ1v) is 10.6. The lowest BCUT2D eigenvalue weighted by molar-refractivity contribution is 0.463. The Morgan fingerprint density at radius 2 is 1.68 bits per heavy atom. The van der Waals surface area contributed by atoms with Crippen molar-refractivity contribution >= 4 is 20.9 Å². The molecule has 0 aliphatic rings. The van der Waals surface area contributed by atoms with Gasteiger partial charge in [0, 0.05) is 6.04 Å². The molecule has 3 aromatic rings. The summed E-state index contributed by atoms with van der Waals surface area (Å²) >= 11 is 0.